The third kappa shape index (κ3) is 5.09. The monoisotopic (exact) mass is 330 g/mol. The largest absolute Gasteiger partial charge is 0.290 e. The third-order valence-electron chi connectivity index (χ3n) is 2.55. The van der Waals surface area contributed by atoms with Gasteiger partial charge in [0.05, 0.1) is 36.2 Å². The first-order chi connectivity index (χ1) is 10.7. The van der Waals surface area contributed by atoms with Crippen molar-refractivity contribution in [3.05, 3.63) is 48.3 Å². The van der Waals surface area contributed by atoms with Gasteiger partial charge in [0, 0.05) is 0 Å². The molecule has 2 heterocycles. The highest BCUT2D eigenvalue weighted by Crippen LogP contribution is 2.10. The molecule has 7 heteroatoms. The molecule has 112 valence electrons. The zero-order valence-electron chi connectivity index (χ0n) is 12.1. The summed E-state index contributed by atoms with van der Waals surface area (Å²) in [5.41, 5.74) is 1.28. The summed E-state index contributed by atoms with van der Waals surface area (Å²) in [5, 5.41) is 1.69. The molecule has 0 aliphatic heterocycles. The standard InChI is InChI=1S/C15H14N4OS2/c1-21-14-9-16-11(7-18-14)3-5-13(20)6-4-12-8-19-15(22-2)10-17-12/h3-10H,1-2H3. The number of nitrogens with zero attached hydrogens (tertiary/aromatic N) is 4. The zero-order chi connectivity index (χ0) is 15.8. The highest BCUT2D eigenvalue weighted by molar-refractivity contribution is 7.98. The van der Waals surface area contributed by atoms with E-state index < -0.39 is 0 Å². The van der Waals surface area contributed by atoms with Crippen LogP contribution in [0.25, 0.3) is 12.2 Å². The van der Waals surface area contributed by atoms with Crippen molar-refractivity contribution in [3.8, 4) is 0 Å². The lowest BCUT2D eigenvalue weighted by Crippen LogP contribution is -1.89. The quantitative estimate of drug-likeness (QED) is 0.595. The van der Waals surface area contributed by atoms with Crippen molar-refractivity contribution in [1.29, 1.82) is 0 Å². The Morgan fingerprint density at radius 1 is 0.818 bits per heavy atom. The molecule has 0 unspecified atom stereocenters. The smallest absolute Gasteiger partial charge is 0.178 e. The van der Waals surface area contributed by atoms with Gasteiger partial charge in [0.15, 0.2) is 5.78 Å². The maximum Gasteiger partial charge on any atom is 0.178 e. The van der Waals surface area contributed by atoms with E-state index in [1.807, 2.05) is 12.5 Å². The summed E-state index contributed by atoms with van der Waals surface area (Å²) in [4.78, 5) is 28.5. The first-order valence-corrected chi connectivity index (χ1v) is 8.78. The number of aromatic nitrogens is 4. The van der Waals surface area contributed by atoms with Crippen molar-refractivity contribution in [2.45, 2.75) is 10.1 Å². The molecule has 22 heavy (non-hydrogen) atoms. The lowest BCUT2D eigenvalue weighted by Gasteiger charge is -1.95. The fourth-order valence-corrected chi connectivity index (χ4v) is 2.06. The van der Waals surface area contributed by atoms with Gasteiger partial charge in [-0.25, -0.2) is 9.97 Å². The Morgan fingerprint density at radius 3 is 1.59 bits per heavy atom. The van der Waals surface area contributed by atoms with E-state index in [4.69, 9.17) is 0 Å². The maximum atomic E-state index is 11.8. The number of ketones is 1. The molecule has 0 saturated carbocycles. The lowest BCUT2D eigenvalue weighted by molar-refractivity contribution is -0.110. The van der Waals surface area contributed by atoms with Gasteiger partial charge in [-0.1, -0.05) is 0 Å². The second kappa shape index (κ2) is 8.45. The number of hydrogen-bond donors (Lipinski definition) is 0. The second-order valence-corrected chi connectivity index (χ2v) is 5.69. The van der Waals surface area contributed by atoms with E-state index in [2.05, 4.69) is 19.9 Å². The Kier molecular flexibility index (Phi) is 6.29. The van der Waals surface area contributed by atoms with Crippen molar-refractivity contribution in [2.24, 2.45) is 0 Å². The zero-order valence-corrected chi connectivity index (χ0v) is 13.8. The number of carbonyl (C=O) groups is 1. The average molecular weight is 330 g/mol. The van der Waals surface area contributed by atoms with Gasteiger partial charge in [-0.3, -0.25) is 14.8 Å². The molecule has 0 fully saturated rings. The number of allylic oxidation sites excluding steroid dienone is 2. The summed E-state index contributed by atoms with van der Waals surface area (Å²) in [7, 11) is 0. The molecule has 0 atom stereocenters. The Balaban J connectivity index is 1.95. The van der Waals surface area contributed by atoms with Gasteiger partial charge in [0.2, 0.25) is 0 Å². The van der Waals surface area contributed by atoms with Crippen LogP contribution in [0.3, 0.4) is 0 Å². The van der Waals surface area contributed by atoms with Crippen LogP contribution in [0.4, 0.5) is 0 Å². The van der Waals surface area contributed by atoms with Gasteiger partial charge in [-0.2, -0.15) is 0 Å². The molecule has 2 aromatic rings. The topological polar surface area (TPSA) is 68.6 Å². The van der Waals surface area contributed by atoms with Crippen LogP contribution in [0.5, 0.6) is 0 Å². The average Bonchev–Trinajstić information content (AvgIpc) is 2.59. The highest BCUT2D eigenvalue weighted by Gasteiger charge is 1.96. The van der Waals surface area contributed by atoms with E-state index in [1.165, 1.54) is 35.7 Å². The minimum Gasteiger partial charge on any atom is -0.290 e. The molecule has 0 N–H and O–H groups in total. The second-order valence-electron chi connectivity index (χ2n) is 4.04. The van der Waals surface area contributed by atoms with E-state index in [1.54, 1.807) is 36.9 Å². The molecular formula is C15H14N4OS2. The van der Waals surface area contributed by atoms with Crippen LogP contribution in [-0.4, -0.2) is 38.2 Å². The molecule has 5 nitrogen and oxygen atoms in total. The molecule has 0 aromatic carbocycles. The summed E-state index contributed by atoms with van der Waals surface area (Å²) in [5.74, 6) is -0.147. The Bertz CT molecular complexity index is 622. The molecule has 0 bridgehead atoms. The van der Waals surface area contributed by atoms with E-state index in [9.17, 15) is 4.79 Å². The van der Waals surface area contributed by atoms with Crippen molar-refractivity contribution in [1.82, 2.24) is 19.9 Å². The van der Waals surface area contributed by atoms with Crippen molar-refractivity contribution in [3.63, 3.8) is 0 Å². The molecule has 0 aliphatic rings. The van der Waals surface area contributed by atoms with Crippen LogP contribution in [0, 0.1) is 0 Å². The van der Waals surface area contributed by atoms with Crippen LogP contribution in [0.1, 0.15) is 11.4 Å². The van der Waals surface area contributed by atoms with Gasteiger partial charge in [0.25, 0.3) is 0 Å². The van der Waals surface area contributed by atoms with Crippen LogP contribution in [0.2, 0.25) is 0 Å². The number of rotatable bonds is 6. The minimum atomic E-state index is -0.147. The fourth-order valence-electron chi connectivity index (χ4n) is 1.43. The first-order valence-electron chi connectivity index (χ1n) is 6.33. The molecule has 0 saturated heterocycles. The van der Waals surface area contributed by atoms with Crippen LogP contribution in [-0.2, 0) is 4.79 Å². The summed E-state index contributed by atoms with van der Waals surface area (Å²) >= 11 is 3.04. The molecule has 2 rings (SSSR count). The summed E-state index contributed by atoms with van der Waals surface area (Å²) in [6.45, 7) is 0. The van der Waals surface area contributed by atoms with Crippen LogP contribution in [0.15, 0.2) is 47.0 Å². The molecule has 0 spiro atoms. The van der Waals surface area contributed by atoms with Gasteiger partial charge in [-0.15, -0.1) is 23.5 Å². The number of hydrogen-bond acceptors (Lipinski definition) is 7. The number of thioether (sulfide) groups is 2. The van der Waals surface area contributed by atoms with Gasteiger partial charge in [-0.05, 0) is 36.8 Å². The predicted octanol–water partition coefficient (Wildman–Crippen LogP) is 3.01. The van der Waals surface area contributed by atoms with E-state index in [0.717, 1.165) is 10.1 Å². The lowest BCUT2D eigenvalue weighted by atomic mass is 10.2. The van der Waals surface area contributed by atoms with Crippen LogP contribution >= 0.6 is 23.5 Å². The highest BCUT2D eigenvalue weighted by atomic mass is 32.2. The van der Waals surface area contributed by atoms with Crippen molar-refractivity contribution in [2.75, 3.05) is 12.5 Å². The Labute approximate surface area is 137 Å². The molecule has 0 aliphatic carbocycles. The number of carbonyl (C=O) groups excluding carboxylic acids is 1. The summed E-state index contributed by atoms with van der Waals surface area (Å²) < 4.78 is 0. The summed E-state index contributed by atoms with van der Waals surface area (Å²) in [6.07, 6.45) is 16.6. The molecule has 0 amide bonds. The van der Waals surface area contributed by atoms with E-state index in [0.29, 0.717) is 11.4 Å². The Morgan fingerprint density at radius 2 is 1.27 bits per heavy atom. The summed E-state index contributed by atoms with van der Waals surface area (Å²) in [6, 6.07) is 0. The first kappa shape index (κ1) is 16.4. The minimum absolute atomic E-state index is 0.147. The van der Waals surface area contributed by atoms with Gasteiger partial charge in [0.1, 0.15) is 10.1 Å². The fraction of sp³-hybridized carbons (Fsp3) is 0.133. The van der Waals surface area contributed by atoms with Crippen LogP contribution < -0.4 is 0 Å². The van der Waals surface area contributed by atoms with E-state index >= 15 is 0 Å². The maximum absolute atomic E-state index is 11.8. The SMILES string of the molecule is CSc1cnc(C=CC(=O)C=Cc2cnc(SC)cn2)cn1. The predicted molar refractivity (Wildman–Crippen MR) is 90.7 cm³/mol. The third-order valence-corrected chi connectivity index (χ3v) is 3.81. The molecular weight excluding hydrogens is 316 g/mol. The van der Waals surface area contributed by atoms with E-state index in [-0.39, 0.29) is 5.78 Å². The molecule has 0 radical (unpaired) electrons. The Hall–Kier alpha value is -1.99. The van der Waals surface area contributed by atoms with Crippen molar-refractivity contribution >= 4 is 41.5 Å². The van der Waals surface area contributed by atoms with Gasteiger partial charge < -0.3 is 0 Å². The van der Waals surface area contributed by atoms with Crippen molar-refractivity contribution < 1.29 is 4.79 Å². The normalized spacial score (nSPS) is 11.4. The molecule has 2 aromatic heterocycles. The van der Waals surface area contributed by atoms with Gasteiger partial charge >= 0.3 is 0 Å².